The van der Waals surface area contributed by atoms with Crippen LogP contribution in [0.1, 0.15) is 50.7 Å². The molecule has 1 aromatic carbocycles. The Morgan fingerprint density at radius 2 is 2.00 bits per heavy atom. The quantitative estimate of drug-likeness (QED) is 0.841. The van der Waals surface area contributed by atoms with Crippen molar-refractivity contribution in [3.05, 3.63) is 29.3 Å². The lowest BCUT2D eigenvalue weighted by Crippen LogP contribution is -2.28. The minimum absolute atomic E-state index is 0.163. The molecule has 3 heteroatoms. The van der Waals surface area contributed by atoms with Crippen molar-refractivity contribution in [1.29, 1.82) is 0 Å². The van der Waals surface area contributed by atoms with Crippen molar-refractivity contribution in [2.45, 2.75) is 52.4 Å². The number of amides is 1. The molecule has 2 N–H and O–H groups in total. The molecule has 0 unspecified atom stereocenters. The number of carbonyl (C=O) groups is 1. The Bertz CT molecular complexity index is 464. The molecule has 0 aliphatic carbocycles. The monoisotopic (exact) mass is 288 g/mol. The van der Waals surface area contributed by atoms with E-state index in [-0.39, 0.29) is 5.91 Å². The van der Waals surface area contributed by atoms with Crippen molar-refractivity contribution >= 4 is 11.6 Å². The van der Waals surface area contributed by atoms with Crippen LogP contribution in [0.3, 0.4) is 0 Å². The molecule has 21 heavy (non-hydrogen) atoms. The first-order valence-electron chi connectivity index (χ1n) is 8.35. The fraction of sp³-hybridized carbons (Fsp3) is 0.611. The lowest BCUT2D eigenvalue weighted by Gasteiger charge is -2.22. The Hall–Kier alpha value is -1.35. The van der Waals surface area contributed by atoms with Crippen molar-refractivity contribution < 1.29 is 4.79 Å². The van der Waals surface area contributed by atoms with Crippen molar-refractivity contribution in [3.8, 4) is 0 Å². The largest absolute Gasteiger partial charge is 0.326 e. The molecule has 1 fully saturated rings. The van der Waals surface area contributed by atoms with Crippen LogP contribution in [0.25, 0.3) is 0 Å². The Labute approximate surface area is 128 Å². The van der Waals surface area contributed by atoms with Crippen LogP contribution in [0.2, 0.25) is 0 Å². The fourth-order valence-corrected chi connectivity index (χ4v) is 2.99. The molecule has 0 bridgehead atoms. The molecule has 3 nitrogen and oxygen atoms in total. The molecule has 1 aromatic rings. The van der Waals surface area contributed by atoms with Gasteiger partial charge in [-0.1, -0.05) is 26.0 Å². The van der Waals surface area contributed by atoms with E-state index in [0.717, 1.165) is 38.0 Å². The van der Waals surface area contributed by atoms with Crippen LogP contribution < -0.4 is 10.6 Å². The van der Waals surface area contributed by atoms with E-state index in [1.54, 1.807) is 0 Å². The van der Waals surface area contributed by atoms with E-state index in [1.807, 2.05) is 0 Å². The minimum atomic E-state index is 0.163. The van der Waals surface area contributed by atoms with Crippen LogP contribution in [0.5, 0.6) is 0 Å². The van der Waals surface area contributed by atoms with Crippen molar-refractivity contribution in [2.75, 3.05) is 18.4 Å². The van der Waals surface area contributed by atoms with Gasteiger partial charge in [0.25, 0.3) is 0 Å². The Morgan fingerprint density at radius 3 is 2.67 bits per heavy atom. The standard InChI is InChI=1S/C18H28N2O/c1-3-14-5-7-16(4-2)17(13-14)20-18(21)8-6-15-9-11-19-12-10-15/h5,7,13,15,19H,3-4,6,8-12H2,1-2H3,(H,20,21). The highest BCUT2D eigenvalue weighted by Gasteiger charge is 2.15. The second kappa shape index (κ2) is 8.18. The number of hydrogen-bond acceptors (Lipinski definition) is 2. The SMILES string of the molecule is CCc1ccc(CC)c(NC(=O)CCC2CCNCC2)c1. The molecule has 2 rings (SSSR count). The summed E-state index contributed by atoms with van der Waals surface area (Å²) in [5.41, 5.74) is 3.51. The lowest BCUT2D eigenvalue weighted by atomic mass is 9.93. The zero-order valence-electron chi connectivity index (χ0n) is 13.4. The van der Waals surface area contributed by atoms with Gasteiger partial charge in [0.05, 0.1) is 0 Å². The van der Waals surface area contributed by atoms with Crippen LogP contribution in [-0.2, 0) is 17.6 Å². The van der Waals surface area contributed by atoms with E-state index in [2.05, 4.69) is 42.7 Å². The van der Waals surface area contributed by atoms with E-state index >= 15 is 0 Å². The Kier molecular flexibility index (Phi) is 6.24. The second-order valence-corrected chi connectivity index (χ2v) is 5.98. The van der Waals surface area contributed by atoms with Gasteiger partial charge in [0.15, 0.2) is 0 Å². The lowest BCUT2D eigenvalue weighted by molar-refractivity contribution is -0.116. The maximum atomic E-state index is 12.2. The molecule has 1 aliphatic rings. The summed E-state index contributed by atoms with van der Waals surface area (Å²) in [6.07, 6.45) is 6.03. The van der Waals surface area contributed by atoms with Crippen LogP contribution in [0.15, 0.2) is 18.2 Å². The van der Waals surface area contributed by atoms with Gasteiger partial charge in [-0.2, -0.15) is 0 Å². The van der Waals surface area contributed by atoms with Crippen molar-refractivity contribution in [2.24, 2.45) is 5.92 Å². The molecular formula is C18H28N2O. The van der Waals surface area contributed by atoms with Crippen molar-refractivity contribution in [3.63, 3.8) is 0 Å². The number of benzene rings is 1. The number of piperidine rings is 1. The summed E-state index contributed by atoms with van der Waals surface area (Å²) < 4.78 is 0. The average molecular weight is 288 g/mol. The third-order valence-electron chi connectivity index (χ3n) is 4.48. The summed E-state index contributed by atoms with van der Waals surface area (Å²) in [7, 11) is 0. The molecule has 0 radical (unpaired) electrons. The van der Waals surface area contributed by atoms with Gasteiger partial charge < -0.3 is 10.6 Å². The molecule has 0 saturated carbocycles. The van der Waals surface area contributed by atoms with Crippen LogP contribution in [0.4, 0.5) is 5.69 Å². The van der Waals surface area contributed by atoms with E-state index < -0.39 is 0 Å². The molecule has 1 aliphatic heterocycles. The molecule has 1 amide bonds. The first-order chi connectivity index (χ1) is 10.2. The Balaban J connectivity index is 1.89. The fourth-order valence-electron chi connectivity index (χ4n) is 2.99. The Morgan fingerprint density at radius 1 is 1.24 bits per heavy atom. The highest BCUT2D eigenvalue weighted by atomic mass is 16.1. The number of nitrogens with one attached hydrogen (secondary N) is 2. The van der Waals surface area contributed by atoms with Gasteiger partial charge in [-0.15, -0.1) is 0 Å². The first-order valence-corrected chi connectivity index (χ1v) is 8.35. The number of aryl methyl sites for hydroxylation is 2. The van der Waals surface area contributed by atoms with Gasteiger partial charge in [-0.25, -0.2) is 0 Å². The summed E-state index contributed by atoms with van der Waals surface area (Å²) in [6, 6.07) is 6.42. The van der Waals surface area contributed by atoms with Gasteiger partial charge in [0.1, 0.15) is 0 Å². The molecule has 0 aromatic heterocycles. The predicted molar refractivity (Wildman–Crippen MR) is 88.7 cm³/mol. The van der Waals surface area contributed by atoms with Gasteiger partial charge in [-0.3, -0.25) is 4.79 Å². The smallest absolute Gasteiger partial charge is 0.224 e. The first kappa shape index (κ1) is 16.0. The summed E-state index contributed by atoms with van der Waals surface area (Å²) in [5.74, 6) is 0.876. The highest BCUT2D eigenvalue weighted by molar-refractivity contribution is 5.91. The molecule has 1 saturated heterocycles. The van der Waals surface area contributed by atoms with Gasteiger partial charge >= 0.3 is 0 Å². The minimum Gasteiger partial charge on any atom is -0.326 e. The molecular weight excluding hydrogens is 260 g/mol. The number of rotatable bonds is 6. The van der Waals surface area contributed by atoms with Crippen LogP contribution in [0, 0.1) is 5.92 Å². The summed E-state index contributed by atoms with van der Waals surface area (Å²) in [5, 5.41) is 6.49. The number of anilines is 1. The molecule has 116 valence electrons. The summed E-state index contributed by atoms with van der Waals surface area (Å²) >= 11 is 0. The number of hydrogen-bond donors (Lipinski definition) is 2. The van der Waals surface area contributed by atoms with E-state index in [4.69, 9.17) is 0 Å². The average Bonchev–Trinajstić information content (AvgIpc) is 2.54. The topological polar surface area (TPSA) is 41.1 Å². The number of carbonyl (C=O) groups excluding carboxylic acids is 1. The van der Waals surface area contributed by atoms with Gasteiger partial charge in [0.2, 0.25) is 5.91 Å². The zero-order valence-corrected chi connectivity index (χ0v) is 13.4. The maximum absolute atomic E-state index is 12.2. The molecule has 0 atom stereocenters. The van der Waals surface area contributed by atoms with Gasteiger partial charge in [-0.05, 0) is 68.3 Å². The van der Waals surface area contributed by atoms with E-state index in [9.17, 15) is 4.79 Å². The van der Waals surface area contributed by atoms with E-state index in [0.29, 0.717) is 12.3 Å². The molecule has 1 heterocycles. The molecule has 0 spiro atoms. The van der Waals surface area contributed by atoms with Crippen LogP contribution in [-0.4, -0.2) is 19.0 Å². The maximum Gasteiger partial charge on any atom is 0.224 e. The van der Waals surface area contributed by atoms with Gasteiger partial charge in [0, 0.05) is 12.1 Å². The predicted octanol–water partition coefficient (Wildman–Crippen LogP) is 3.53. The zero-order chi connectivity index (χ0) is 15.1. The summed E-state index contributed by atoms with van der Waals surface area (Å²) in [4.78, 5) is 12.2. The second-order valence-electron chi connectivity index (χ2n) is 5.98. The third-order valence-corrected chi connectivity index (χ3v) is 4.48. The normalized spacial score (nSPS) is 15.9. The van der Waals surface area contributed by atoms with Crippen molar-refractivity contribution in [1.82, 2.24) is 5.32 Å². The van der Waals surface area contributed by atoms with Crippen LogP contribution >= 0.6 is 0 Å². The highest BCUT2D eigenvalue weighted by Crippen LogP contribution is 2.21. The van der Waals surface area contributed by atoms with E-state index in [1.165, 1.54) is 24.0 Å². The summed E-state index contributed by atoms with van der Waals surface area (Å²) in [6.45, 7) is 6.48. The third kappa shape index (κ3) is 4.85.